The van der Waals surface area contributed by atoms with E-state index in [1.165, 1.54) is 12.0 Å². The Hall–Kier alpha value is -3.29. The highest BCUT2D eigenvalue weighted by Crippen LogP contribution is 2.67. The SMILES string of the molecule is CC1=CCCC2(C)C(CCC2(O)CN(CC2CCC3CC2C3(C)C)C(=O)C23CCC(C)(C(=O)O2)C3(C)C)c2ccc(cc2C(=O)c2ccccc2)CC(O)CC1. The molecule has 2 N–H and O–H groups in total. The van der Waals surface area contributed by atoms with E-state index in [4.69, 9.17) is 4.74 Å². The van der Waals surface area contributed by atoms with Crippen LogP contribution in [0.5, 0.6) is 0 Å². The number of hydrogen-bond donors (Lipinski definition) is 2. The summed E-state index contributed by atoms with van der Waals surface area (Å²) in [7, 11) is 0. The van der Waals surface area contributed by atoms with E-state index in [-0.39, 0.29) is 35.5 Å². The van der Waals surface area contributed by atoms with Crippen molar-refractivity contribution in [3.05, 3.63) is 82.4 Å². The molecule has 302 valence electrons. The first-order chi connectivity index (χ1) is 26.4. The maximum Gasteiger partial charge on any atom is 0.313 e. The van der Waals surface area contributed by atoms with Crippen LogP contribution in [0, 0.1) is 39.4 Å². The number of ether oxygens (including phenoxy) is 1. The highest BCUT2D eigenvalue weighted by molar-refractivity contribution is 6.10. The van der Waals surface area contributed by atoms with Gasteiger partial charge in [0.2, 0.25) is 0 Å². The molecule has 0 aromatic heterocycles. The zero-order valence-corrected chi connectivity index (χ0v) is 35.0. The van der Waals surface area contributed by atoms with E-state index in [1.807, 2.05) is 62.1 Å². The lowest BCUT2D eigenvalue weighted by atomic mass is 9.45. The number of allylic oxidation sites excluding steroid dienone is 2. The molecule has 6 fully saturated rings. The van der Waals surface area contributed by atoms with Crippen molar-refractivity contribution in [2.24, 2.45) is 39.4 Å². The van der Waals surface area contributed by atoms with Gasteiger partial charge in [0.05, 0.1) is 23.7 Å². The Morgan fingerprint density at radius 1 is 0.911 bits per heavy atom. The van der Waals surface area contributed by atoms with Gasteiger partial charge in [0.15, 0.2) is 11.4 Å². The van der Waals surface area contributed by atoms with Crippen LogP contribution in [0.4, 0.5) is 0 Å². The van der Waals surface area contributed by atoms with Crippen LogP contribution in [0.3, 0.4) is 0 Å². The van der Waals surface area contributed by atoms with Gasteiger partial charge in [-0.1, -0.05) is 88.7 Å². The average Bonchev–Trinajstić information content (AvgIpc) is 3.60. The van der Waals surface area contributed by atoms with E-state index in [0.29, 0.717) is 74.5 Å². The lowest BCUT2D eigenvalue weighted by Gasteiger charge is -2.61. The molecule has 0 radical (unpaired) electrons. The molecule has 1 amide bonds. The van der Waals surface area contributed by atoms with Gasteiger partial charge < -0.3 is 19.8 Å². The van der Waals surface area contributed by atoms with E-state index >= 15 is 4.79 Å². The molecule has 10 rings (SSSR count). The van der Waals surface area contributed by atoms with Gasteiger partial charge in [-0.15, -0.1) is 0 Å². The van der Waals surface area contributed by atoms with Crippen LogP contribution in [0.1, 0.15) is 152 Å². The van der Waals surface area contributed by atoms with Crippen molar-refractivity contribution in [2.45, 2.75) is 149 Å². The van der Waals surface area contributed by atoms with Crippen molar-refractivity contribution < 1.29 is 29.3 Å². The van der Waals surface area contributed by atoms with Crippen LogP contribution >= 0.6 is 0 Å². The van der Waals surface area contributed by atoms with Crippen molar-refractivity contribution in [1.29, 1.82) is 0 Å². The maximum absolute atomic E-state index is 15.5. The molecule has 9 atom stereocenters. The highest BCUT2D eigenvalue weighted by Gasteiger charge is 2.76. The number of fused-ring (bicyclic) bond motifs is 12. The zero-order valence-electron chi connectivity index (χ0n) is 35.0. The van der Waals surface area contributed by atoms with Gasteiger partial charge in [-0.25, -0.2) is 0 Å². The number of nitrogens with zero attached hydrogens (tertiary/aromatic N) is 1. The van der Waals surface area contributed by atoms with Crippen molar-refractivity contribution in [2.75, 3.05) is 13.1 Å². The standard InChI is InChI=1S/C49H65NO6/c1-31-12-11-22-46(6)39(37-20-16-32(26-36(51)19-15-31)27-38(37)41(52)33-13-9-8-10-14-33)21-23-48(46,55)30-50(29-34-17-18-35-28-40(34)44(35,2)3)42(53)49-25-24-47(7,43(54)56-49)45(49,4)5/h8-10,12-14,16,20,27,34-36,39-40,51,55H,11,15,17-19,21-26,28-30H2,1-7H3. The van der Waals surface area contributed by atoms with Gasteiger partial charge in [-0.05, 0) is 137 Å². The van der Waals surface area contributed by atoms with Crippen molar-refractivity contribution >= 4 is 17.7 Å². The monoisotopic (exact) mass is 763 g/mol. The van der Waals surface area contributed by atoms with Crippen LogP contribution in [-0.2, 0) is 20.7 Å². The number of amides is 1. The van der Waals surface area contributed by atoms with Crippen LogP contribution in [0.25, 0.3) is 0 Å². The molecule has 5 saturated carbocycles. The summed E-state index contributed by atoms with van der Waals surface area (Å²) in [5.41, 5.74) is -0.118. The van der Waals surface area contributed by atoms with Crippen LogP contribution in [0.15, 0.2) is 60.2 Å². The molecule has 7 heteroatoms. The third-order valence-corrected chi connectivity index (χ3v) is 17.6. The first kappa shape index (κ1) is 39.5. The summed E-state index contributed by atoms with van der Waals surface area (Å²) in [6, 6.07) is 15.5. The van der Waals surface area contributed by atoms with Crippen LogP contribution in [-0.4, -0.2) is 63.2 Å². The molecule has 7 aliphatic carbocycles. The fourth-order valence-corrected chi connectivity index (χ4v) is 12.9. The zero-order chi connectivity index (χ0) is 40.1. The van der Waals surface area contributed by atoms with E-state index in [0.717, 1.165) is 42.7 Å². The second-order valence-corrected chi connectivity index (χ2v) is 20.7. The summed E-state index contributed by atoms with van der Waals surface area (Å²) >= 11 is 0. The smallest absolute Gasteiger partial charge is 0.313 e. The number of aliphatic hydroxyl groups is 2. The summed E-state index contributed by atoms with van der Waals surface area (Å²) in [5.74, 6) is 0.905. The van der Waals surface area contributed by atoms with Gasteiger partial charge in [0.25, 0.3) is 5.91 Å². The highest BCUT2D eigenvalue weighted by atomic mass is 16.6. The Balaban J connectivity index is 1.21. The molecule has 1 heterocycles. The third-order valence-electron chi connectivity index (χ3n) is 17.6. The second-order valence-electron chi connectivity index (χ2n) is 20.7. The molecule has 0 spiro atoms. The molecule has 2 aromatic carbocycles. The minimum absolute atomic E-state index is 0.0539. The number of esters is 1. The Kier molecular flexibility index (Phi) is 9.63. The molecule has 6 bridgehead atoms. The van der Waals surface area contributed by atoms with Crippen molar-refractivity contribution in [3.8, 4) is 0 Å². The van der Waals surface area contributed by atoms with Crippen molar-refractivity contribution in [3.63, 3.8) is 0 Å². The normalized spacial score (nSPS) is 38.2. The fourth-order valence-electron chi connectivity index (χ4n) is 12.9. The van der Waals surface area contributed by atoms with Crippen LogP contribution in [0.2, 0.25) is 0 Å². The predicted octanol–water partition coefficient (Wildman–Crippen LogP) is 8.98. The van der Waals surface area contributed by atoms with Crippen LogP contribution < -0.4 is 0 Å². The molecule has 1 saturated heterocycles. The van der Waals surface area contributed by atoms with Gasteiger partial charge >= 0.3 is 5.97 Å². The summed E-state index contributed by atoms with van der Waals surface area (Å²) in [6.45, 7) is 15.8. The van der Waals surface area contributed by atoms with E-state index in [9.17, 15) is 19.8 Å². The van der Waals surface area contributed by atoms with Gasteiger partial charge in [0.1, 0.15) is 0 Å². The molecule has 9 unspecified atom stereocenters. The Morgan fingerprint density at radius 3 is 2.32 bits per heavy atom. The number of benzene rings is 2. The van der Waals surface area contributed by atoms with Gasteiger partial charge in [0, 0.05) is 28.5 Å². The lowest BCUT2D eigenvalue weighted by Crippen LogP contribution is -2.62. The van der Waals surface area contributed by atoms with E-state index < -0.39 is 33.6 Å². The topological polar surface area (TPSA) is 104 Å². The van der Waals surface area contributed by atoms with E-state index in [1.54, 1.807) is 0 Å². The fraction of sp³-hybridized carbons (Fsp3) is 0.653. The molecular weight excluding hydrogens is 699 g/mol. The number of aliphatic hydroxyl groups excluding tert-OH is 1. The lowest BCUT2D eigenvalue weighted by molar-refractivity contribution is -0.181. The molecule has 1 aliphatic heterocycles. The van der Waals surface area contributed by atoms with Gasteiger partial charge in [-0.2, -0.15) is 0 Å². The number of hydrogen-bond acceptors (Lipinski definition) is 6. The van der Waals surface area contributed by atoms with Gasteiger partial charge in [-0.3, -0.25) is 14.4 Å². The third kappa shape index (κ3) is 5.82. The quantitative estimate of drug-likeness (QED) is 0.166. The van der Waals surface area contributed by atoms with Crippen molar-refractivity contribution in [1.82, 2.24) is 4.90 Å². The summed E-state index contributed by atoms with van der Waals surface area (Å²) in [4.78, 5) is 45.4. The average molecular weight is 764 g/mol. The first-order valence-corrected chi connectivity index (χ1v) is 21.7. The first-order valence-electron chi connectivity index (χ1n) is 21.7. The predicted molar refractivity (Wildman–Crippen MR) is 218 cm³/mol. The Labute approximate surface area is 334 Å². The summed E-state index contributed by atoms with van der Waals surface area (Å²) in [6.07, 6.45) is 10.7. The number of carbonyl (C=O) groups is 3. The maximum atomic E-state index is 15.5. The number of rotatable bonds is 7. The molecule has 56 heavy (non-hydrogen) atoms. The summed E-state index contributed by atoms with van der Waals surface area (Å²) in [5, 5.41) is 24.5. The summed E-state index contributed by atoms with van der Waals surface area (Å²) < 4.78 is 6.26. The number of carbonyl (C=O) groups excluding carboxylic acids is 3. The Morgan fingerprint density at radius 2 is 1.66 bits per heavy atom. The minimum atomic E-state index is -1.27. The molecule has 8 aliphatic rings. The largest absolute Gasteiger partial charge is 0.448 e. The molecule has 7 nitrogen and oxygen atoms in total. The second kappa shape index (κ2) is 13.6. The Bertz CT molecular complexity index is 1930. The molecular formula is C49H65NO6. The number of ketones is 1. The molecule has 2 aromatic rings. The minimum Gasteiger partial charge on any atom is -0.448 e. The van der Waals surface area contributed by atoms with E-state index in [2.05, 4.69) is 45.9 Å².